The van der Waals surface area contributed by atoms with E-state index in [0.717, 1.165) is 12.8 Å². The molecule has 0 aliphatic carbocycles. The molecule has 0 unspecified atom stereocenters. The Balaban J connectivity index is 2.01. The Bertz CT molecular complexity index is 435. The van der Waals surface area contributed by atoms with Crippen LogP contribution in [0.3, 0.4) is 0 Å². The molecule has 96 valence electrons. The summed E-state index contributed by atoms with van der Waals surface area (Å²) in [6, 6.07) is 1.48. The van der Waals surface area contributed by atoms with Crippen molar-refractivity contribution in [3.63, 3.8) is 0 Å². The summed E-state index contributed by atoms with van der Waals surface area (Å²) in [6.45, 7) is 3.64. The number of nitrogens with zero attached hydrogens (tertiary/aromatic N) is 2. The first-order chi connectivity index (χ1) is 8.14. The third kappa shape index (κ3) is 2.67. The van der Waals surface area contributed by atoms with Gasteiger partial charge in [0.25, 0.3) is 10.0 Å². The molecule has 0 saturated carbocycles. The number of rotatable bonds is 4. The maximum Gasteiger partial charge on any atom is 0.259 e. The number of ether oxygens (including phenoxy) is 1. The Kier molecular flexibility index (Phi) is 3.80. The van der Waals surface area contributed by atoms with E-state index >= 15 is 0 Å². The third-order valence-electron chi connectivity index (χ3n) is 2.90. The molecule has 1 aliphatic heterocycles. The van der Waals surface area contributed by atoms with Crippen molar-refractivity contribution in [2.24, 2.45) is 0 Å². The van der Waals surface area contributed by atoms with Crippen LogP contribution in [0, 0.1) is 0 Å². The molecule has 1 aromatic rings. The molecular formula is C10H17N3O3S. The van der Waals surface area contributed by atoms with Crippen LogP contribution in [-0.4, -0.2) is 48.7 Å². The molecule has 7 heteroatoms. The van der Waals surface area contributed by atoms with Gasteiger partial charge < -0.3 is 4.74 Å². The fraction of sp³-hybridized carbons (Fsp3) is 0.700. The van der Waals surface area contributed by atoms with Crippen LogP contribution < -0.4 is 0 Å². The van der Waals surface area contributed by atoms with E-state index in [1.165, 1.54) is 16.6 Å². The van der Waals surface area contributed by atoms with Crippen molar-refractivity contribution < 1.29 is 13.2 Å². The molecule has 17 heavy (non-hydrogen) atoms. The van der Waals surface area contributed by atoms with Crippen LogP contribution in [0.25, 0.3) is 0 Å². The monoisotopic (exact) mass is 259 g/mol. The number of piperidine rings is 1. The van der Waals surface area contributed by atoms with E-state index in [0.29, 0.717) is 19.7 Å². The quantitative estimate of drug-likeness (QED) is 0.859. The molecule has 1 N–H and O–H groups in total. The summed E-state index contributed by atoms with van der Waals surface area (Å²) in [6.07, 6.45) is 3.13. The highest BCUT2D eigenvalue weighted by Crippen LogP contribution is 2.20. The maximum atomic E-state index is 12.1. The number of hydrogen-bond donors (Lipinski definition) is 1. The molecular weight excluding hydrogens is 242 g/mol. The van der Waals surface area contributed by atoms with Gasteiger partial charge in [-0.05, 0) is 25.8 Å². The summed E-state index contributed by atoms with van der Waals surface area (Å²) in [4.78, 5) is 0. The first kappa shape index (κ1) is 12.5. The zero-order valence-electron chi connectivity index (χ0n) is 9.80. The summed E-state index contributed by atoms with van der Waals surface area (Å²) in [5.74, 6) is 0. The van der Waals surface area contributed by atoms with Gasteiger partial charge in [-0.15, -0.1) is 0 Å². The van der Waals surface area contributed by atoms with Crippen molar-refractivity contribution in [3.05, 3.63) is 12.3 Å². The summed E-state index contributed by atoms with van der Waals surface area (Å²) in [5, 5.41) is 6.33. The molecule has 6 nitrogen and oxygen atoms in total. The minimum absolute atomic E-state index is 0.160. The van der Waals surface area contributed by atoms with Gasteiger partial charge in [-0.1, -0.05) is 0 Å². The normalized spacial score (nSPS) is 19.6. The lowest BCUT2D eigenvalue weighted by molar-refractivity contribution is 0.0289. The number of nitrogens with one attached hydrogen (secondary N) is 1. The van der Waals surface area contributed by atoms with Crippen LogP contribution in [0.1, 0.15) is 19.8 Å². The first-order valence-corrected chi connectivity index (χ1v) is 7.19. The van der Waals surface area contributed by atoms with Crippen LogP contribution in [0.2, 0.25) is 0 Å². The van der Waals surface area contributed by atoms with Crippen LogP contribution >= 0.6 is 0 Å². The number of sulfonamides is 1. The summed E-state index contributed by atoms with van der Waals surface area (Å²) >= 11 is 0. The van der Waals surface area contributed by atoms with Crippen LogP contribution in [0.4, 0.5) is 0 Å². The van der Waals surface area contributed by atoms with E-state index in [9.17, 15) is 8.42 Å². The molecule has 1 aromatic heterocycles. The van der Waals surface area contributed by atoms with Crippen molar-refractivity contribution in [1.29, 1.82) is 0 Å². The summed E-state index contributed by atoms with van der Waals surface area (Å²) < 4.78 is 31.2. The lowest BCUT2D eigenvalue weighted by atomic mass is 10.1. The van der Waals surface area contributed by atoms with E-state index in [4.69, 9.17) is 4.74 Å². The van der Waals surface area contributed by atoms with Gasteiger partial charge in [0.2, 0.25) is 0 Å². The molecule has 0 bridgehead atoms. The van der Waals surface area contributed by atoms with E-state index in [1.54, 1.807) is 0 Å². The maximum absolute atomic E-state index is 12.1. The largest absolute Gasteiger partial charge is 0.378 e. The lowest BCUT2D eigenvalue weighted by Crippen LogP contribution is -2.40. The molecule has 0 aromatic carbocycles. The van der Waals surface area contributed by atoms with Crippen molar-refractivity contribution >= 4 is 10.0 Å². The molecule has 0 radical (unpaired) electrons. The predicted molar refractivity (Wildman–Crippen MR) is 62.0 cm³/mol. The minimum Gasteiger partial charge on any atom is -0.378 e. The summed E-state index contributed by atoms with van der Waals surface area (Å²) in [7, 11) is -3.40. The molecule has 2 heterocycles. The SMILES string of the molecule is CCOC1CCN(S(=O)(=O)c2ccn[nH]2)CC1. The van der Waals surface area contributed by atoms with Gasteiger partial charge >= 0.3 is 0 Å². The van der Waals surface area contributed by atoms with Crippen molar-refractivity contribution in [2.45, 2.75) is 30.9 Å². The van der Waals surface area contributed by atoms with Crippen molar-refractivity contribution in [3.8, 4) is 0 Å². The molecule has 2 rings (SSSR count). The van der Waals surface area contributed by atoms with Gasteiger partial charge in [0, 0.05) is 19.7 Å². The zero-order valence-corrected chi connectivity index (χ0v) is 10.6. The minimum atomic E-state index is -3.40. The highest BCUT2D eigenvalue weighted by molar-refractivity contribution is 7.89. The fourth-order valence-electron chi connectivity index (χ4n) is 2.00. The highest BCUT2D eigenvalue weighted by atomic mass is 32.2. The summed E-state index contributed by atoms with van der Waals surface area (Å²) in [5.41, 5.74) is 0. The second-order valence-corrected chi connectivity index (χ2v) is 5.89. The van der Waals surface area contributed by atoms with Gasteiger partial charge in [-0.3, -0.25) is 5.10 Å². The molecule has 1 aliphatic rings. The van der Waals surface area contributed by atoms with E-state index in [2.05, 4.69) is 10.2 Å². The van der Waals surface area contributed by atoms with Gasteiger partial charge in [0.05, 0.1) is 12.3 Å². The van der Waals surface area contributed by atoms with Gasteiger partial charge in [0.15, 0.2) is 5.03 Å². The third-order valence-corrected chi connectivity index (χ3v) is 4.72. The van der Waals surface area contributed by atoms with Crippen molar-refractivity contribution in [2.75, 3.05) is 19.7 Å². The fourth-order valence-corrected chi connectivity index (χ4v) is 3.37. The van der Waals surface area contributed by atoms with E-state index in [-0.39, 0.29) is 11.1 Å². The van der Waals surface area contributed by atoms with Crippen LogP contribution in [0.15, 0.2) is 17.3 Å². The second-order valence-electron chi connectivity index (χ2n) is 3.98. The Labute approximate surface area is 101 Å². The average Bonchev–Trinajstić information content (AvgIpc) is 2.84. The second kappa shape index (κ2) is 5.16. The van der Waals surface area contributed by atoms with Crippen LogP contribution in [0.5, 0.6) is 0 Å². The number of aromatic amines is 1. The van der Waals surface area contributed by atoms with Crippen molar-refractivity contribution in [1.82, 2.24) is 14.5 Å². The predicted octanol–water partition coefficient (Wildman–Crippen LogP) is 0.599. The Morgan fingerprint density at radius 2 is 2.24 bits per heavy atom. The first-order valence-electron chi connectivity index (χ1n) is 5.75. The van der Waals surface area contributed by atoms with E-state index < -0.39 is 10.0 Å². The Morgan fingerprint density at radius 1 is 1.53 bits per heavy atom. The molecule has 0 atom stereocenters. The van der Waals surface area contributed by atoms with E-state index in [1.807, 2.05) is 6.92 Å². The Morgan fingerprint density at radius 3 is 2.76 bits per heavy atom. The van der Waals surface area contributed by atoms with Gasteiger partial charge in [-0.25, -0.2) is 8.42 Å². The number of hydrogen-bond acceptors (Lipinski definition) is 4. The molecule has 1 fully saturated rings. The molecule has 1 saturated heterocycles. The standard InChI is InChI=1S/C10H17N3O3S/c1-2-16-9-4-7-13(8-5-9)17(14,15)10-3-6-11-12-10/h3,6,9H,2,4-5,7-8H2,1H3,(H,11,12). The molecule has 0 spiro atoms. The topological polar surface area (TPSA) is 75.3 Å². The number of H-pyrrole nitrogens is 1. The van der Waals surface area contributed by atoms with Gasteiger partial charge in [-0.2, -0.15) is 9.40 Å². The zero-order chi connectivity index (χ0) is 12.3. The number of aromatic nitrogens is 2. The smallest absolute Gasteiger partial charge is 0.259 e. The molecule has 0 amide bonds. The highest BCUT2D eigenvalue weighted by Gasteiger charge is 2.30. The Hall–Kier alpha value is -0.920. The van der Waals surface area contributed by atoms with Crippen LogP contribution in [-0.2, 0) is 14.8 Å². The van der Waals surface area contributed by atoms with Gasteiger partial charge in [0.1, 0.15) is 0 Å². The average molecular weight is 259 g/mol. The lowest BCUT2D eigenvalue weighted by Gasteiger charge is -2.30.